The summed E-state index contributed by atoms with van der Waals surface area (Å²) in [6, 6.07) is 8.40. The SMILES string of the molecule is CNC(c1ccc(Br)c(Cl)c1)c1cc(Br)c(C)s1. The van der Waals surface area contributed by atoms with Crippen LogP contribution < -0.4 is 5.32 Å². The molecule has 0 aliphatic heterocycles. The van der Waals surface area contributed by atoms with Crippen molar-refractivity contribution in [3.8, 4) is 0 Å². The van der Waals surface area contributed by atoms with E-state index >= 15 is 0 Å². The molecule has 96 valence electrons. The van der Waals surface area contributed by atoms with Crippen LogP contribution in [0.5, 0.6) is 0 Å². The summed E-state index contributed by atoms with van der Waals surface area (Å²) in [5.74, 6) is 0. The number of rotatable bonds is 3. The lowest BCUT2D eigenvalue weighted by Crippen LogP contribution is -2.16. The lowest BCUT2D eigenvalue weighted by molar-refractivity contribution is 0.703. The molecule has 1 unspecified atom stereocenters. The normalized spacial score (nSPS) is 12.7. The van der Waals surface area contributed by atoms with E-state index in [9.17, 15) is 0 Å². The zero-order valence-electron chi connectivity index (χ0n) is 9.93. The first-order valence-corrected chi connectivity index (χ1v) is 8.19. The van der Waals surface area contributed by atoms with E-state index in [2.05, 4.69) is 56.2 Å². The molecule has 0 fully saturated rings. The third kappa shape index (κ3) is 2.99. The molecule has 0 spiro atoms. The molecule has 1 nitrogen and oxygen atoms in total. The molecule has 0 radical (unpaired) electrons. The average Bonchev–Trinajstić information content (AvgIpc) is 2.65. The van der Waals surface area contributed by atoms with E-state index in [-0.39, 0.29) is 6.04 Å². The number of thiophene rings is 1. The van der Waals surface area contributed by atoms with Crippen molar-refractivity contribution < 1.29 is 0 Å². The number of aryl methyl sites for hydroxylation is 1. The number of halogens is 3. The Hall–Kier alpha value is 0.130. The summed E-state index contributed by atoms with van der Waals surface area (Å²) in [6.07, 6.45) is 0. The molecule has 1 aromatic heterocycles. The Balaban J connectivity index is 2.41. The Kier molecular flexibility index (Phi) is 4.89. The van der Waals surface area contributed by atoms with Gasteiger partial charge in [-0.1, -0.05) is 17.7 Å². The van der Waals surface area contributed by atoms with Gasteiger partial charge in [-0.05, 0) is 69.6 Å². The average molecular weight is 410 g/mol. The van der Waals surface area contributed by atoms with Crippen molar-refractivity contribution >= 4 is 54.8 Å². The van der Waals surface area contributed by atoms with Crippen LogP contribution in [0.15, 0.2) is 33.2 Å². The van der Waals surface area contributed by atoms with Gasteiger partial charge in [0, 0.05) is 18.7 Å². The topological polar surface area (TPSA) is 12.0 Å². The first kappa shape index (κ1) is 14.5. The molecule has 2 rings (SSSR count). The van der Waals surface area contributed by atoms with E-state index in [1.165, 1.54) is 15.3 Å². The highest BCUT2D eigenvalue weighted by Crippen LogP contribution is 2.35. The number of hydrogen-bond donors (Lipinski definition) is 1. The van der Waals surface area contributed by atoms with Gasteiger partial charge in [0.05, 0.1) is 11.1 Å². The molecule has 0 amide bonds. The third-order valence-electron chi connectivity index (χ3n) is 2.73. The molecule has 0 aliphatic rings. The predicted molar refractivity (Wildman–Crippen MR) is 86.8 cm³/mol. The van der Waals surface area contributed by atoms with Gasteiger partial charge in [0.25, 0.3) is 0 Å². The van der Waals surface area contributed by atoms with E-state index in [0.29, 0.717) is 0 Å². The zero-order valence-corrected chi connectivity index (χ0v) is 14.7. The van der Waals surface area contributed by atoms with Gasteiger partial charge < -0.3 is 5.32 Å². The second-order valence-electron chi connectivity index (χ2n) is 3.95. The van der Waals surface area contributed by atoms with Gasteiger partial charge in [-0.2, -0.15) is 0 Å². The van der Waals surface area contributed by atoms with Crippen molar-refractivity contribution in [1.29, 1.82) is 0 Å². The molecule has 18 heavy (non-hydrogen) atoms. The highest BCUT2D eigenvalue weighted by atomic mass is 79.9. The molecular weight excluding hydrogens is 397 g/mol. The molecule has 5 heteroatoms. The fourth-order valence-corrected chi connectivity index (χ4v) is 3.92. The molecule has 0 aliphatic carbocycles. The summed E-state index contributed by atoms with van der Waals surface area (Å²) in [4.78, 5) is 2.56. The zero-order chi connectivity index (χ0) is 13.3. The molecule has 1 aromatic carbocycles. The minimum absolute atomic E-state index is 0.172. The molecule has 0 bridgehead atoms. The molecule has 1 heterocycles. The summed E-state index contributed by atoms with van der Waals surface area (Å²) in [5, 5.41) is 4.07. The maximum atomic E-state index is 6.16. The Morgan fingerprint density at radius 1 is 1.22 bits per heavy atom. The molecule has 2 aromatic rings. The third-order valence-corrected chi connectivity index (χ3v) is 6.16. The Labute approximate surface area is 133 Å². The van der Waals surface area contributed by atoms with Crippen molar-refractivity contribution in [2.75, 3.05) is 7.05 Å². The lowest BCUT2D eigenvalue weighted by Gasteiger charge is -2.15. The fraction of sp³-hybridized carbons (Fsp3) is 0.231. The van der Waals surface area contributed by atoms with E-state index in [1.54, 1.807) is 11.3 Å². The van der Waals surface area contributed by atoms with Crippen LogP contribution >= 0.6 is 54.8 Å². The lowest BCUT2D eigenvalue weighted by atomic mass is 10.1. The second kappa shape index (κ2) is 6.06. The molecular formula is C13H12Br2ClNS. The summed E-state index contributed by atoms with van der Waals surface area (Å²) < 4.78 is 2.08. The minimum Gasteiger partial charge on any atom is -0.309 e. The van der Waals surface area contributed by atoms with Gasteiger partial charge in [0.1, 0.15) is 0 Å². The first-order chi connectivity index (χ1) is 8.52. The number of benzene rings is 1. The van der Waals surface area contributed by atoms with Gasteiger partial charge >= 0.3 is 0 Å². The quantitative estimate of drug-likeness (QED) is 0.701. The summed E-state index contributed by atoms with van der Waals surface area (Å²) in [5.41, 5.74) is 1.17. The summed E-state index contributed by atoms with van der Waals surface area (Å²) >= 11 is 14.9. The van der Waals surface area contributed by atoms with Crippen LogP contribution in [-0.2, 0) is 0 Å². The van der Waals surface area contributed by atoms with E-state index < -0.39 is 0 Å². The largest absolute Gasteiger partial charge is 0.309 e. The first-order valence-electron chi connectivity index (χ1n) is 5.41. The van der Waals surface area contributed by atoms with Crippen LogP contribution in [0.25, 0.3) is 0 Å². The Bertz CT molecular complexity index is 549. The fourth-order valence-electron chi connectivity index (χ4n) is 1.79. The van der Waals surface area contributed by atoms with E-state index in [4.69, 9.17) is 11.6 Å². The van der Waals surface area contributed by atoms with Crippen molar-refractivity contribution in [3.63, 3.8) is 0 Å². The van der Waals surface area contributed by atoms with Gasteiger partial charge in [0.2, 0.25) is 0 Å². The molecule has 0 saturated carbocycles. The van der Waals surface area contributed by atoms with Gasteiger partial charge in [-0.3, -0.25) is 0 Å². The smallest absolute Gasteiger partial charge is 0.0669 e. The highest BCUT2D eigenvalue weighted by Gasteiger charge is 2.16. The van der Waals surface area contributed by atoms with E-state index in [1.807, 2.05) is 19.2 Å². The summed E-state index contributed by atoms with van der Waals surface area (Å²) in [7, 11) is 1.96. The van der Waals surface area contributed by atoms with Gasteiger partial charge in [0.15, 0.2) is 0 Å². The van der Waals surface area contributed by atoms with Crippen LogP contribution in [0.2, 0.25) is 5.02 Å². The molecule has 1 N–H and O–H groups in total. The van der Waals surface area contributed by atoms with Crippen LogP contribution in [0.4, 0.5) is 0 Å². The monoisotopic (exact) mass is 407 g/mol. The van der Waals surface area contributed by atoms with Crippen LogP contribution in [0.3, 0.4) is 0 Å². The second-order valence-corrected chi connectivity index (χ2v) is 7.35. The Morgan fingerprint density at radius 3 is 2.44 bits per heavy atom. The maximum absolute atomic E-state index is 6.16. The van der Waals surface area contributed by atoms with Crippen molar-refractivity contribution in [2.45, 2.75) is 13.0 Å². The highest BCUT2D eigenvalue weighted by molar-refractivity contribution is 9.10. The van der Waals surface area contributed by atoms with Crippen LogP contribution in [0, 0.1) is 6.92 Å². The van der Waals surface area contributed by atoms with Crippen LogP contribution in [-0.4, -0.2) is 7.05 Å². The minimum atomic E-state index is 0.172. The maximum Gasteiger partial charge on any atom is 0.0669 e. The Morgan fingerprint density at radius 2 is 1.94 bits per heavy atom. The molecule has 0 saturated heterocycles. The number of hydrogen-bond acceptors (Lipinski definition) is 2. The van der Waals surface area contributed by atoms with Crippen molar-refractivity contribution in [2.24, 2.45) is 0 Å². The number of nitrogens with one attached hydrogen (secondary N) is 1. The van der Waals surface area contributed by atoms with Crippen molar-refractivity contribution in [3.05, 3.63) is 53.6 Å². The van der Waals surface area contributed by atoms with Crippen molar-refractivity contribution in [1.82, 2.24) is 5.32 Å². The van der Waals surface area contributed by atoms with Gasteiger partial charge in [-0.25, -0.2) is 0 Å². The standard InChI is InChI=1S/C13H12Br2ClNS/c1-7-10(15)6-12(18-7)13(17-2)8-3-4-9(14)11(16)5-8/h3-6,13,17H,1-2H3. The predicted octanol–water partition coefficient (Wildman–Crippen LogP) is 5.54. The van der Waals surface area contributed by atoms with E-state index in [0.717, 1.165) is 14.0 Å². The van der Waals surface area contributed by atoms with Crippen LogP contribution in [0.1, 0.15) is 21.4 Å². The van der Waals surface area contributed by atoms with Gasteiger partial charge in [-0.15, -0.1) is 11.3 Å². The summed E-state index contributed by atoms with van der Waals surface area (Å²) in [6.45, 7) is 2.11. The molecule has 1 atom stereocenters.